The van der Waals surface area contributed by atoms with Gasteiger partial charge in [-0.25, -0.2) is 0 Å². The van der Waals surface area contributed by atoms with E-state index >= 15 is 0 Å². The van der Waals surface area contributed by atoms with E-state index in [1.165, 1.54) is 7.11 Å². The monoisotopic (exact) mass is 180 g/mol. The molecule has 1 rings (SSSR count). The summed E-state index contributed by atoms with van der Waals surface area (Å²) in [5.74, 6) is -0.144. The first-order valence-corrected chi connectivity index (χ1v) is 3.98. The van der Waals surface area contributed by atoms with E-state index in [9.17, 15) is 4.79 Å². The summed E-state index contributed by atoms with van der Waals surface area (Å²) >= 11 is 0. The third-order valence-corrected chi connectivity index (χ3v) is 1.88. The maximum absolute atomic E-state index is 11.4. The number of hydrogen-bond acceptors (Lipinski definition) is 2. The molecule has 2 nitrogen and oxygen atoms in total. The molecule has 0 heterocycles. The van der Waals surface area contributed by atoms with E-state index in [0.717, 1.165) is 0 Å². The largest absolute Gasteiger partial charge is 0.341 e. The standard InChI is InChI=1S/C9H9O2P/c1-11-9(12)8(10)7-5-3-2-4-6-7/h2-6,12H,1H3. The van der Waals surface area contributed by atoms with E-state index in [-0.39, 0.29) is 11.3 Å². The van der Waals surface area contributed by atoms with Crippen molar-refractivity contribution >= 4 is 20.1 Å². The highest BCUT2D eigenvalue weighted by Gasteiger charge is 2.08. The van der Waals surface area contributed by atoms with Crippen molar-refractivity contribution in [2.75, 3.05) is 7.11 Å². The van der Waals surface area contributed by atoms with Crippen molar-refractivity contribution in [1.29, 1.82) is 0 Å². The SMILES string of the molecule is COC(=P)C(=O)c1ccccc1. The van der Waals surface area contributed by atoms with Crippen LogP contribution in [-0.2, 0) is 4.74 Å². The number of carbonyl (C=O) groups excluding carboxylic acids is 1. The Bertz CT molecular complexity index is 293. The van der Waals surface area contributed by atoms with Crippen molar-refractivity contribution in [3.8, 4) is 0 Å². The molecule has 12 heavy (non-hydrogen) atoms. The Kier molecular flexibility index (Phi) is 3.15. The van der Waals surface area contributed by atoms with Crippen molar-refractivity contribution < 1.29 is 9.53 Å². The normalized spacial score (nSPS) is 9.42. The molecule has 1 aromatic carbocycles. The number of carbonyl (C=O) groups is 1. The second-order valence-corrected chi connectivity index (χ2v) is 2.68. The first-order chi connectivity index (χ1) is 5.75. The number of hydrogen-bond donors (Lipinski definition) is 0. The molecule has 0 unspecified atom stereocenters. The summed E-state index contributed by atoms with van der Waals surface area (Å²) in [6.45, 7) is 0. The zero-order valence-electron chi connectivity index (χ0n) is 6.70. The molecule has 1 aromatic rings. The molecule has 0 spiro atoms. The summed E-state index contributed by atoms with van der Waals surface area (Å²) in [6, 6.07) is 8.95. The van der Waals surface area contributed by atoms with Gasteiger partial charge in [0.15, 0.2) is 0 Å². The Labute approximate surface area is 73.4 Å². The van der Waals surface area contributed by atoms with Gasteiger partial charge in [0.25, 0.3) is 0 Å². The lowest BCUT2D eigenvalue weighted by Gasteiger charge is -1.99. The van der Waals surface area contributed by atoms with Crippen LogP contribution in [0.3, 0.4) is 0 Å². The van der Waals surface area contributed by atoms with Gasteiger partial charge in [-0.1, -0.05) is 39.2 Å². The van der Waals surface area contributed by atoms with Crippen LogP contribution in [0.4, 0.5) is 0 Å². The van der Waals surface area contributed by atoms with Crippen molar-refractivity contribution in [3.05, 3.63) is 35.9 Å². The average molecular weight is 180 g/mol. The molecule has 0 N–H and O–H groups in total. The molecule has 62 valence electrons. The van der Waals surface area contributed by atoms with E-state index in [0.29, 0.717) is 5.56 Å². The van der Waals surface area contributed by atoms with Crippen LogP contribution in [0.2, 0.25) is 0 Å². The van der Waals surface area contributed by atoms with Gasteiger partial charge >= 0.3 is 0 Å². The van der Waals surface area contributed by atoms with Gasteiger partial charge in [-0.05, 0) is 0 Å². The summed E-state index contributed by atoms with van der Waals surface area (Å²) in [4.78, 5) is 11.4. The van der Waals surface area contributed by atoms with E-state index in [1.807, 2.05) is 18.2 Å². The minimum Gasteiger partial charge on any atom is -0.341 e. The Hall–Kier alpha value is -0.980. The Morgan fingerprint density at radius 2 is 1.92 bits per heavy atom. The maximum Gasteiger partial charge on any atom is 0.219 e. The topological polar surface area (TPSA) is 26.3 Å². The second kappa shape index (κ2) is 4.15. The minimum atomic E-state index is -0.144. The minimum absolute atomic E-state index is 0.144. The van der Waals surface area contributed by atoms with E-state index in [2.05, 4.69) is 8.86 Å². The number of methoxy groups -OCH3 is 1. The molecule has 0 saturated heterocycles. The number of Topliss-reactive ketones (excluding diaryl/α,β-unsaturated/α-hetero) is 1. The molecule has 0 aliphatic carbocycles. The van der Waals surface area contributed by atoms with Crippen LogP contribution in [0.25, 0.3) is 0 Å². The van der Waals surface area contributed by atoms with Gasteiger partial charge in [0.1, 0.15) is 5.48 Å². The van der Waals surface area contributed by atoms with Gasteiger partial charge in [0, 0.05) is 12.7 Å². The second-order valence-electron chi connectivity index (χ2n) is 2.23. The molecular weight excluding hydrogens is 171 g/mol. The molecule has 0 radical (unpaired) electrons. The molecule has 0 aliphatic rings. The molecule has 0 atom stereocenters. The van der Waals surface area contributed by atoms with Crippen LogP contribution < -0.4 is 0 Å². The number of ketones is 1. The predicted molar refractivity (Wildman–Crippen MR) is 51.1 cm³/mol. The third kappa shape index (κ3) is 2.00. The van der Waals surface area contributed by atoms with E-state index in [1.54, 1.807) is 12.1 Å². The molecule has 0 aliphatic heterocycles. The Morgan fingerprint density at radius 3 is 2.42 bits per heavy atom. The van der Waals surface area contributed by atoms with Gasteiger partial charge in [0.2, 0.25) is 5.78 Å². The van der Waals surface area contributed by atoms with Gasteiger partial charge in [-0.3, -0.25) is 4.79 Å². The van der Waals surface area contributed by atoms with Crippen LogP contribution in [-0.4, -0.2) is 18.4 Å². The van der Waals surface area contributed by atoms with Crippen LogP contribution >= 0.6 is 8.86 Å². The lowest BCUT2D eigenvalue weighted by molar-refractivity contribution is 0.104. The fourth-order valence-corrected chi connectivity index (χ4v) is 0.958. The summed E-state index contributed by atoms with van der Waals surface area (Å²) in [7, 11) is 4.52. The maximum atomic E-state index is 11.4. The highest BCUT2D eigenvalue weighted by Crippen LogP contribution is 2.02. The lowest BCUT2D eigenvalue weighted by atomic mass is 10.1. The summed E-state index contributed by atoms with van der Waals surface area (Å²) in [5.41, 5.74) is 0.838. The average Bonchev–Trinajstić information content (AvgIpc) is 2.17. The molecule has 0 bridgehead atoms. The molecular formula is C9H9O2P. The van der Waals surface area contributed by atoms with Gasteiger partial charge in [0.05, 0.1) is 0 Å². The first kappa shape index (κ1) is 9.11. The molecule has 0 fully saturated rings. The molecule has 0 saturated carbocycles. The number of benzene rings is 1. The summed E-state index contributed by atoms with van der Waals surface area (Å²) in [5, 5.41) is 0. The quantitative estimate of drug-likeness (QED) is 0.523. The molecule has 0 amide bonds. The third-order valence-electron chi connectivity index (χ3n) is 1.45. The van der Waals surface area contributed by atoms with Crippen LogP contribution in [0.5, 0.6) is 0 Å². The van der Waals surface area contributed by atoms with Crippen molar-refractivity contribution in [1.82, 2.24) is 0 Å². The fraction of sp³-hybridized carbons (Fsp3) is 0.111. The summed E-state index contributed by atoms with van der Waals surface area (Å²) in [6.07, 6.45) is 0. The van der Waals surface area contributed by atoms with Gasteiger partial charge < -0.3 is 4.74 Å². The van der Waals surface area contributed by atoms with Crippen molar-refractivity contribution in [2.24, 2.45) is 0 Å². The lowest BCUT2D eigenvalue weighted by Crippen LogP contribution is -2.12. The van der Waals surface area contributed by atoms with Crippen molar-refractivity contribution in [2.45, 2.75) is 0 Å². The Morgan fingerprint density at radius 1 is 1.33 bits per heavy atom. The molecule has 3 heteroatoms. The number of ether oxygens (including phenoxy) is 1. The smallest absolute Gasteiger partial charge is 0.219 e. The van der Waals surface area contributed by atoms with E-state index in [4.69, 9.17) is 4.74 Å². The molecule has 0 aromatic heterocycles. The highest BCUT2D eigenvalue weighted by molar-refractivity contribution is 7.25. The van der Waals surface area contributed by atoms with Gasteiger partial charge in [-0.15, -0.1) is 0 Å². The van der Waals surface area contributed by atoms with E-state index < -0.39 is 0 Å². The summed E-state index contributed by atoms with van der Waals surface area (Å²) < 4.78 is 4.75. The van der Waals surface area contributed by atoms with Crippen LogP contribution in [0, 0.1) is 0 Å². The zero-order chi connectivity index (χ0) is 8.97. The van der Waals surface area contributed by atoms with Crippen molar-refractivity contribution in [3.63, 3.8) is 0 Å². The number of rotatable bonds is 3. The fourth-order valence-electron chi connectivity index (χ4n) is 0.813. The van der Waals surface area contributed by atoms with Crippen LogP contribution in [0.1, 0.15) is 10.4 Å². The highest BCUT2D eigenvalue weighted by atomic mass is 31.0. The predicted octanol–water partition coefficient (Wildman–Crippen LogP) is 1.79. The van der Waals surface area contributed by atoms with Crippen LogP contribution in [0.15, 0.2) is 30.3 Å². The zero-order valence-corrected chi connectivity index (χ0v) is 7.70. The first-order valence-electron chi connectivity index (χ1n) is 3.48. The van der Waals surface area contributed by atoms with Gasteiger partial charge in [-0.2, -0.15) is 0 Å². The Balaban J connectivity index is 2.86.